The predicted molar refractivity (Wildman–Crippen MR) is 116 cm³/mol. The molecule has 5 nitrogen and oxygen atoms in total. The SMILES string of the molecule is COc1ccc(/C=C/C(=O)c2ccc(OC(C)C)cc2OC(C)C)c(OC)c1C. The summed E-state index contributed by atoms with van der Waals surface area (Å²) in [4.78, 5) is 12.9. The van der Waals surface area contributed by atoms with Gasteiger partial charge in [-0.3, -0.25) is 4.79 Å². The molecular weight excluding hydrogens is 368 g/mol. The van der Waals surface area contributed by atoms with Crippen molar-refractivity contribution >= 4 is 11.9 Å². The van der Waals surface area contributed by atoms with E-state index < -0.39 is 0 Å². The monoisotopic (exact) mass is 398 g/mol. The second-order valence-corrected chi connectivity index (χ2v) is 7.20. The molecule has 0 saturated carbocycles. The third-order valence-electron chi connectivity index (χ3n) is 4.18. The summed E-state index contributed by atoms with van der Waals surface area (Å²) in [5.74, 6) is 2.42. The quantitative estimate of drug-likeness (QED) is 0.413. The van der Waals surface area contributed by atoms with Gasteiger partial charge < -0.3 is 18.9 Å². The van der Waals surface area contributed by atoms with E-state index in [0.29, 0.717) is 22.8 Å². The minimum Gasteiger partial charge on any atom is -0.496 e. The predicted octanol–water partition coefficient (Wildman–Crippen LogP) is 5.48. The van der Waals surface area contributed by atoms with Crippen molar-refractivity contribution in [1.29, 1.82) is 0 Å². The van der Waals surface area contributed by atoms with Gasteiger partial charge in [0.2, 0.25) is 0 Å². The van der Waals surface area contributed by atoms with Crippen LogP contribution in [-0.2, 0) is 0 Å². The van der Waals surface area contributed by atoms with E-state index in [9.17, 15) is 4.79 Å². The van der Waals surface area contributed by atoms with Crippen LogP contribution in [0.2, 0.25) is 0 Å². The Morgan fingerprint density at radius 2 is 1.59 bits per heavy atom. The van der Waals surface area contributed by atoms with Gasteiger partial charge in [0.1, 0.15) is 23.0 Å². The molecule has 0 heterocycles. The van der Waals surface area contributed by atoms with Crippen molar-refractivity contribution in [3.63, 3.8) is 0 Å². The van der Waals surface area contributed by atoms with Crippen molar-refractivity contribution in [3.05, 3.63) is 53.1 Å². The molecule has 0 radical (unpaired) electrons. The number of carbonyl (C=O) groups is 1. The van der Waals surface area contributed by atoms with Crippen LogP contribution >= 0.6 is 0 Å². The smallest absolute Gasteiger partial charge is 0.189 e. The fourth-order valence-corrected chi connectivity index (χ4v) is 2.98. The third kappa shape index (κ3) is 5.76. The maximum absolute atomic E-state index is 12.9. The molecule has 0 bridgehead atoms. The lowest BCUT2D eigenvalue weighted by Gasteiger charge is -2.16. The minimum atomic E-state index is -0.160. The molecule has 29 heavy (non-hydrogen) atoms. The van der Waals surface area contributed by atoms with Crippen LogP contribution in [0.25, 0.3) is 6.08 Å². The maximum atomic E-state index is 12.9. The van der Waals surface area contributed by atoms with E-state index in [1.165, 1.54) is 6.08 Å². The van der Waals surface area contributed by atoms with Gasteiger partial charge in [0.25, 0.3) is 0 Å². The Labute approximate surface area is 173 Å². The Hall–Kier alpha value is -2.95. The van der Waals surface area contributed by atoms with Crippen molar-refractivity contribution in [2.24, 2.45) is 0 Å². The Morgan fingerprint density at radius 3 is 2.17 bits per heavy atom. The van der Waals surface area contributed by atoms with E-state index in [4.69, 9.17) is 18.9 Å². The Kier molecular flexibility index (Phi) is 7.71. The first-order valence-electron chi connectivity index (χ1n) is 9.68. The zero-order valence-corrected chi connectivity index (χ0v) is 18.2. The van der Waals surface area contributed by atoms with Gasteiger partial charge in [-0.25, -0.2) is 0 Å². The minimum absolute atomic E-state index is 0.0362. The summed E-state index contributed by atoms with van der Waals surface area (Å²) in [6, 6.07) is 9.00. The number of allylic oxidation sites excluding steroid dienone is 1. The molecule has 0 N–H and O–H groups in total. The molecule has 0 aliphatic carbocycles. The van der Waals surface area contributed by atoms with E-state index >= 15 is 0 Å². The van der Waals surface area contributed by atoms with Gasteiger partial charge >= 0.3 is 0 Å². The zero-order chi connectivity index (χ0) is 21.6. The van der Waals surface area contributed by atoms with E-state index in [1.54, 1.807) is 38.5 Å². The Bertz CT molecular complexity index is 881. The van der Waals surface area contributed by atoms with Crippen LogP contribution in [0.4, 0.5) is 0 Å². The molecule has 0 saturated heterocycles. The molecule has 5 heteroatoms. The van der Waals surface area contributed by atoms with Gasteiger partial charge in [0, 0.05) is 17.2 Å². The number of hydrogen-bond donors (Lipinski definition) is 0. The summed E-state index contributed by atoms with van der Waals surface area (Å²) in [5, 5.41) is 0. The molecule has 2 aromatic rings. The highest BCUT2D eigenvalue weighted by Crippen LogP contribution is 2.32. The molecule has 0 aliphatic rings. The summed E-state index contributed by atoms with van der Waals surface area (Å²) < 4.78 is 22.4. The van der Waals surface area contributed by atoms with E-state index in [2.05, 4.69) is 0 Å². The molecular formula is C24H30O5. The first kappa shape index (κ1) is 22.3. The fraction of sp³-hybridized carbons (Fsp3) is 0.375. The van der Waals surface area contributed by atoms with Crippen LogP contribution in [-0.4, -0.2) is 32.2 Å². The zero-order valence-electron chi connectivity index (χ0n) is 18.2. The highest BCUT2D eigenvalue weighted by atomic mass is 16.5. The van der Waals surface area contributed by atoms with Crippen LogP contribution in [0.15, 0.2) is 36.4 Å². The highest BCUT2D eigenvalue weighted by molar-refractivity contribution is 6.09. The van der Waals surface area contributed by atoms with Crippen molar-refractivity contribution in [2.45, 2.75) is 46.8 Å². The number of methoxy groups -OCH3 is 2. The van der Waals surface area contributed by atoms with Crippen LogP contribution in [0.3, 0.4) is 0 Å². The highest BCUT2D eigenvalue weighted by Gasteiger charge is 2.15. The van der Waals surface area contributed by atoms with Gasteiger partial charge in [0.05, 0.1) is 32.0 Å². The Balaban J connectivity index is 2.36. The van der Waals surface area contributed by atoms with Crippen molar-refractivity contribution in [1.82, 2.24) is 0 Å². The van der Waals surface area contributed by atoms with Gasteiger partial charge in [-0.1, -0.05) is 0 Å². The molecule has 156 valence electrons. The summed E-state index contributed by atoms with van der Waals surface area (Å²) in [5.41, 5.74) is 2.16. The molecule has 0 aromatic heterocycles. The van der Waals surface area contributed by atoms with Crippen LogP contribution in [0, 0.1) is 6.92 Å². The number of hydrogen-bond acceptors (Lipinski definition) is 5. The van der Waals surface area contributed by atoms with Crippen molar-refractivity contribution in [2.75, 3.05) is 14.2 Å². The number of ether oxygens (including phenoxy) is 4. The number of carbonyl (C=O) groups excluding carboxylic acids is 1. The summed E-state index contributed by atoms with van der Waals surface area (Å²) >= 11 is 0. The number of benzene rings is 2. The summed E-state index contributed by atoms with van der Waals surface area (Å²) in [6.07, 6.45) is 3.24. The molecule has 0 atom stereocenters. The average molecular weight is 398 g/mol. The molecule has 2 rings (SSSR count). The van der Waals surface area contributed by atoms with E-state index in [-0.39, 0.29) is 18.0 Å². The summed E-state index contributed by atoms with van der Waals surface area (Å²) in [6.45, 7) is 9.67. The van der Waals surface area contributed by atoms with Crippen molar-refractivity contribution in [3.8, 4) is 23.0 Å². The molecule has 0 amide bonds. The molecule has 0 fully saturated rings. The molecule has 0 aliphatic heterocycles. The summed E-state index contributed by atoms with van der Waals surface area (Å²) in [7, 11) is 3.21. The second kappa shape index (κ2) is 10.0. The normalized spacial score (nSPS) is 11.2. The molecule has 0 spiro atoms. The standard InChI is InChI=1S/C24H30O5/c1-15(2)28-19-10-11-20(23(14-19)29-16(3)4)21(25)12-8-18-9-13-22(26-6)17(5)24(18)27-7/h8-16H,1-7H3/b12-8+. The van der Waals surface area contributed by atoms with Gasteiger partial charge in [0.15, 0.2) is 5.78 Å². The first-order valence-corrected chi connectivity index (χ1v) is 9.68. The van der Waals surface area contributed by atoms with Crippen LogP contribution < -0.4 is 18.9 Å². The molecule has 0 unspecified atom stereocenters. The lowest BCUT2D eigenvalue weighted by molar-refractivity contribution is 0.104. The largest absolute Gasteiger partial charge is 0.496 e. The van der Waals surface area contributed by atoms with E-state index in [1.807, 2.05) is 46.8 Å². The topological polar surface area (TPSA) is 54.0 Å². The van der Waals surface area contributed by atoms with Gasteiger partial charge in [-0.2, -0.15) is 0 Å². The first-order chi connectivity index (χ1) is 13.8. The second-order valence-electron chi connectivity index (χ2n) is 7.20. The fourth-order valence-electron chi connectivity index (χ4n) is 2.98. The number of rotatable bonds is 9. The van der Waals surface area contributed by atoms with Crippen LogP contribution in [0.1, 0.15) is 49.2 Å². The van der Waals surface area contributed by atoms with E-state index in [0.717, 1.165) is 16.9 Å². The average Bonchev–Trinajstić information content (AvgIpc) is 2.65. The van der Waals surface area contributed by atoms with Gasteiger partial charge in [-0.05, 0) is 71.0 Å². The maximum Gasteiger partial charge on any atom is 0.189 e. The third-order valence-corrected chi connectivity index (χ3v) is 4.18. The molecule has 2 aromatic carbocycles. The van der Waals surface area contributed by atoms with Crippen molar-refractivity contribution < 1.29 is 23.7 Å². The van der Waals surface area contributed by atoms with Crippen LogP contribution in [0.5, 0.6) is 23.0 Å². The van der Waals surface area contributed by atoms with Gasteiger partial charge in [-0.15, -0.1) is 0 Å². The lowest BCUT2D eigenvalue weighted by atomic mass is 10.0. The lowest BCUT2D eigenvalue weighted by Crippen LogP contribution is -2.11. The Morgan fingerprint density at radius 1 is 0.897 bits per heavy atom. The number of ketones is 1.